The number of aromatic amines is 1. The summed E-state index contributed by atoms with van der Waals surface area (Å²) in [5.41, 5.74) is 1.85. The van der Waals surface area contributed by atoms with Crippen LogP contribution in [0.3, 0.4) is 0 Å². The highest BCUT2D eigenvalue weighted by Crippen LogP contribution is 2.39. The highest BCUT2D eigenvalue weighted by Gasteiger charge is 2.54. The molecule has 5 rings (SSSR count). The van der Waals surface area contributed by atoms with Gasteiger partial charge in [-0.1, -0.05) is 0 Å². The van der Waals surface area contributed by atoms with Crippen LogP contribution in [0, 0.1) is 11.4 Å². The topological polar surface area (TPSA) is 108 Å². The van der Waals surface area contributed by atoms with E-state index in [0.717, 1.165) is 35.1 Å². The molecule has 1 atom stereocenters. The van der Waals surface area contributed by atoms with Gasteiger partial charge in [0.1, 0.15) is 21.9 Å². The highest BCUT2D eigenvalue weighted by atomic mass is 32.2. The van der Waals surface area contributed by atoms with E-state index < -0.39 is 15.5 Å². The second-order valence-electron chi connectivity index (χ2n) is 7.24. The maximum Gasteiger partial charge on any atom is 0.242 e. The lowest BCUT2D eigenvalue weighted by atomic mass is 9.92. The van der Waals surface area contributed by atoms with Crippen molar-refractivity contribution in [3.05, 3.63) is 42.4 Å². The number of aromatic nitrogens is 5. The van der Waals surface area contributed by atoms with E-state index >= 15 is 0 Å². The minimum absolute atomic E-state index is 0.0143. The van der Waals surface area contributed by atoms with Gasteiger partial charge in [0, 0.05) is 36.4 Å². The molecule has 4 heterocycles. The monoisotopic (exact) mass is 382 g/mol. The van der Waals surface area contributed by atoms with Crippen molar-refractivity contribution < 1.29 is 4.21 Å². The molecule has 0 unspecified atom stereocenters. The molecular formula is C17H18N8OS. The van der Waals surface area contributed by atoms with Gasteiger partial charge in [0.15, 0.2) is 5.54 Å². The maximum atomic E-state index is 12.7. The van der Waals surface area contributed by atoms with Gasteiger partial charge in [-0.3, -0.25) is 4.68 Å². The van der Waals surface area contributed by atoms with Gasteiger partial charge in [0.2, 0.25) is 6.54 Å². The minimum atomic E-state index is -2.73. The first-order valence-electron chi connectivity index (χ1n) is 8.73. The summed E-state index contributed by atoms with van der Waals surface area (Å²) in [5.74, 6) is 0. The zero-order chi connectivity index (χ0) is 18.6. The summed E-state index contributed by atoms with van der Waals surface area (Å²) in [5, 5.41) is 5.39. The molecule has 0 aromatic carbocycles. The molecule has 138 valence electrons. The van der Waals surface area contributed by atoms with Gasteiger partial charge < -0.3 is 9.83 Å². The zero-order valence-electron chi connectivity index (χ0n) is 14.5. The Balaban J connectivity index is 1.47. The van der Waals surface area contributed by atoms with E-state index in [1.54, 1.807) is 15.2 Å². The molecule has 0 spiro atoms. The molecule has 0 amide bonds. The second-order valence-corrected chi connectivity index (χ2v) is 9.56. The number of nitrogens with zero attached hydrogens (tertiary/aromatic N) is 6. The largest absolute Gasteiger partial charge is 0.346 e. The fourth-order valence-corrected chi connectivity index (χ4v) is 5.73. The zero-order valence-corrected chi connectivity index (χ0v) is 15.3. The Morgan fingerprint density at radius 3 is 2.96 bits per heavy atom. The number of hydrogen-bond acceptors (Lipinski definition) is 5. The Bertz CT molecular complexity index is 1160. The fraction of sp³-hybridized carbons (Fsp3) is 0.412. The average Bonchev–Trinajstić information content (AvgIpc) is 3.19. The van der Waals surface area contributed by atoms with Crippen molar-refractivity contribution in [2.45, 2.75) is 23.6 Å². The van der Waals surface area contributed by atoms with E-state index in [0.29, 0.717) is 13.1 Å². The first kappa shape index (κ1) is 16.4. The van der Waals surface area contributed by atoms with Crippen LogP contribution >= 0.6 is 0 Å². The Labute approximate surface area is 156 Å². The van der Waals surface area contributed by atoms with E-state index in [1.165, 1.54) is 6.33 Å². The maximum absolute atomic E-state index is 12.7. The van der Waals surface area contributed by atoms with Crippen LogP contribution in [0.15, 0.2) is 31.0 Å². The summed E-state index contributed by atoms with van der Waals surface area (Å²) in [6.45, 7) is 8.42. The predicted octanol–water partition coefficient (Wildman–Crippen LogP) is 1.88. The molecule has 1 aliphatic heterocycles. The van der Waals surface area contributed by atoms with Crippen LogP contribution in [-0.4, -0.2) is 58.1 Å². The molecule has 0 bridgehead atoms. The molecule has 2 aliphatic rings. The summed E-state index contributed by atoms with van der Waals surface area (Å²) in [6, 6.07) is 1.92. The number of H-pyrrole nitrogens is 1. The number of rotatable bonds is 5. The smallest absolute Gasteiger partial charge is 0.242 e. The molecule has 0 radical (unpaired) electrons. The third-order valence-electron chi connectivity index (χ3n) is 5.37. The van der Waals surface area contributed by atoms with E-state index in [2.05, 4.69) is 24.9 Å². The molecular weight excluding hydrogens is 364 g/mol. The molecule has 2 fully saturated rings. The third-order valence-corrected chi connectivity index (χ3v) is 7.77. The molecule has 1 saturated heterocycles. The van der Waals surface area contributed by atoms with Gasteiger partial charge in [-0.05, 0) is 18.9 Å². The van der Waals surface area contributed by atoms with E-state index in [9.17, 15) is 4.21 Å². The molecule has 2 N–H and O–H groups in total. The Kier molecular flexibility index (Phi) is 3.41. The Morgan fingerprint density at radius 1 is 1.41 bits per heavy atom. The highest BCUT2D eigenvalue weighted by molar-refractivity contribution is 7.91. The molecule has 27 heavy (non-hydrogen) atoms. The van der Waals surface area contributed by atoms with Crippen LogP contribution < -0.4 is 0 Å². The molecule has 3 aromatic heterocycles. The van der Waals surface area contributed by atoms with Gasteiger partial charge in [-0.25, -0.2) is 29.8 Å². The van der Waals surface area contributed by atoms with Crippen molar-refractivity contribution in [3.8, 4) is 11.3 Å². The standard InChI is InChI=1S/C17H18N8OS/c1-19-8-17(9-24(10-17)27(18,26)13-2-3-13)25-7-12(6-23-25)15-14-4-5-20-16(14)22-11-21-15/h4-7,11,13,18H,2-3,8-10H2,(H,20,21,22)/t27-/m0/s1. The summed E-state index contributed by atoms with van der Waals surface area (Å²) in [4.78, 5) is 15.3. The van der Waals surface area contributed by atoms with Crippen LogP contribution in [0.5, 0.6) is 0 Å². The van der Waals surface area contributed by atoms with Crippen LogP contribution in [0.25, 0.3) is 27.1 Å². The van der Waals surface area contributed by atoms with Crippen molar-refractivity contribution in [3.63, 3.8) is 0 Å². The lowest BCUT2D eigenvalue weighted by Crippen LogP contribution is -2.65. The van der Waals surface area contributed by atoms with Gasteiger partial charge in [0.05, 0.1) is 17.1 Å². The number of hydrogen-bond donors (Lipinski definition) is 2. The lowest BCUT2D eigenvalue weighted by Gasteiger charge is -2.47. The lowest BCUT2D eigenvalue weighted by molar-refractivity contribution is 0.0862. The number of nitrogens with one attached hydrogen (secondary N) is 2. The van der Waals surface area contributed by atoms with Crippen molar-refractivity contribution in [2.75, 3.05) is 19.6 Å². The van der Waals surface area contributed by atoms with E-state index in [1.807, 2.05) is 18.5 Å². The van der Waals surface area contributed by atoms with E-state index in [-0.39, 0.29) is 11.8 Å². The second kappa shape index (κ2) is 5.61. The first-order valence-corrected chi connectivity index (χ1v) is 10.3. The van der Waals surface area contributed by atoms with Gasteiger partial charge in [0.25, 0.3) is 0 Å². The third kappa shape index (κ3) is 2.46. The van der Waals surface area contributed by atoms with Crippen molar-refractivity contribution in [2.24, 2.45) is 0 Å². The molecule has 1 aliphatic carbocycles. The van der Waals surface area contributed by atoms with Gasteiger partial charge >= 0.3 is 0 Å². The number of fused-ring (bicyclic) bond motifs is 1. The van der Waals surface area contributed by atoms with Crippen molar-refractivity contribution in [1.82, 2.24) is 29.0 Å². The van der Waals surface area contributed by atoms with Crippen LogP contribution in [0.4, 0.5) is 0 Å². The fourth-order valence-electron chi connectivity index (χ4n) is 3.67. The van der Waals surface area contributed by atoms with Crippen LogP contribution in [0.2, 0.25) is 0 Å². The van der Waals surface area contributed by atoms with Crippen LogP contribution in [-0.2, 0) is 15.5 Å². The SMILES string of the molecule is [C-]#[N+]CC1(n2cc(-c3ncnc4[nH]ccc34)cn2)CN([S@](=N)(=O)C2CC2)C1. The predicted molar refractivity (Wildman–Crippen MR) is 100 cm³/mol. The van der Waals surface area contributed by atoms with Gasteiger partial charge in [-0.2, -0.15) is 5.10 Å². The Hall–Kier alpha value is -2.77. The molecule has 10 heteroatoms. The van der Waals surface area contributed by atoms with Crippen LogP contribution in [0.1, 0.15) is 12.8 Å². The summed E-state index contributed by atoms with van der Waals surface area (Å²) < 4.78 is 24.4. The first-order chi connectivity index (χ1) is 13.0. The summed E-state index contributed by atoms with van der Waals surface area (Å²) in [7, 11) is -2.73. The minimum Gasteiger partial charge on any atom is -0.346 e. The molecule has 1 saturated carbocycles. The Morgan fingerprint density at radius 2 is 2.22 bits per heavy atom. The summed E-state index contributed by atoms with van der Waals surface area (Å²) >= 11 is 0. The molecule has 3 aromatic rings. The van der Waals surface area contributed by atoms with Crippen molar-refractivity contribution >= 4 is 20.9 Å². The summed E-state index contributed by atoms with van der Waals surface area (Å²) in [6.07, 6.45) is 8.68. The average molecular weight is 382 g/mol. The van der Waals surface area contributed by atoms with Crippen molar-refractivity contribution in [1.29, 1.82) is 4.78 Å². The van der Waals surface area contributed by atoms with Gasteiger partial charge in [-0.15, -0.1) is 0 Å². The quantitative estimate of drug-likeness (QED) is 0.657. The van der Waals surface area contributed by atoms with E-state index in [4.69, 9.17) is 11.4 Å². The normalized spacial score (nSPS) is 21.4. The molecule has 9 nitrogen and oxygen atoms in total.